The van der Waals surface area contributed by atoms with Crippen LogP contribution in [0.15, 0.2) is 0 Å². The van der Waals surface area contributed by atoms with Crippen LogP contribution < -0.4 is 11.1 Å². The zero-order valence-corrected chi connectivity index (χ0v) is 12.1. The monoisotopic (exact) mass is 279 g/mol. The van der Waals surface area contributed by atoms with Gasteiger partial charge in [0.15, 0.2) is 0 Å². The van der Waals surface area contributed by atoms with Crippen molar-refractivity contribution in [2.75, 3.05) is 18.8 Å². The maximum absolute atomic E-state index is 12.6. The molecule has 20 heavy (non-hydrogen) atoms. The largest absolute Gasteiger partial charge is 0.395 e. The van der Waals surface area contributed by atoms with Gasteiger partial charge >= 0.3 is 0 Å². The standard InChI is InChI=1S/C13H21N5O2/c1-4-18-12(11(14)8(2)16-18)13(20)17-6-5-10(7-17)15-9(3)19/h10H,4-7,14H2,1-3H3,(H,15,19). The minimum absolute atomic E-state index is 0.0248. The molecule has 2 heterocycles. The van der Waals surface area contributed by atoms with Crippen LogP contribution in [0.4, 0.5) is 5.69 Å². The quantitative estimate of drug-likeness (QED) is 0.823. The smallest absolute Gasteiger partial charge is 0.274 e. The molecule has 1 aliphatic rings. The van der Waals surface area contributed by atoms with Gasteiger partial charge in [-0.25, -0.2) is 0 Å². The predicted octanol–water partition coefficient (Wildman–Crippen LogP) is 0.144. The number of rotatable bonds is 3. The van der Waals surface area contributed by atoms with Gasteiger partial charge in [0.05, 0.1) is 11.4 Å². The van der Waals surface area contributed by atoms with Crippen LogP contribution in [0.1, 0.15) is 36.5 Å². The van der Waals surface area contributed by atoms with Crippen LogP contribution in [-0.4, -0.2) is 45.6 Å². The van der Waals surface area contributed by atoms with Crippen LogP contribution in [0.5, 0.6) is 0 Å². The Balaban J connectivity index is 2.15. The van der Waals surface area contributed by atoms with Gasteiger partial charge in [0.1, 0.15) is 5.69 Å². The number of nitrogens with two attached hydrogens (primary N) is 1. The summed E-state index contributed by atoms with van der Waals surface area (Å²) in [6.07, 6.45) is 0.768. The molecule has 1 aliphatic heterocycles. The summed E-state index contributed by atoms with van der Waals surface area (Å²) in [5, 5.41) is 7.10. The number of nitrogens with zero attached hydrogens (tertiary/aromatic N) is 3. The normalized spacial score (nSPS) is 18.4. The maximum atomic E-state index is 12.6. The highest BCUT2D eigenvalue weighted by Gasteiger charge is 2.30. The summed E-state index contributed by atoms with van der Waals surface area (Å²) in [6.45, 7) is 6.94. The summed E-state index contributed by atoms with van der Waals surface area (Å²) >= 11 is 0. The molecule has 1 unspecified atom stereocenters. The Morgan fingerprint density at radius 1 is 1.50 bits per heavy atom. The van der Waals surface area contributed by atoms with Crippen molar-refractivity contribution in [3.8, 4) is 0 Å². The number of nitrogens with one attached hydrogen (secondary N) is 1. The van der Waals surface area contributed by atoms with Crippen LogP contribution in [0.2, 0.25) is 0 Å². The van der Waals surface area contributed by atoms with Crippen molar-refractivity contribution in [1.82, 2.24) is 20.0 Å². The van der Waals surface area contributed by atoms with Gasteiger partial charge in [-0.1, -0.05) is 0 Å². The molecular weight excluding hydrogens is 258 g/mol. The summed E-state index contributed by atoms with van der Waals surface area (Å²) < 4.78 is 1.64. The molecule has 0 spiro atoms. The first-order valence-corrected chi connectivity index (χ1v) is 6.83. The first kappa shape index (κ1) is 14.4. The minimum Gasteiger partial charge on any atom is -0.395 e. The number of nitrogen functional groups attached to an aromatic ring is 1. The number of likely N-dealkylation sites (tertiary alicyclic amines) is 1. The second-order valence-corrected chi connectivity index (χ2v) is 5.10. The van der Waals surface area contributed by atoms with Crippen molar-refractivity contribution in [1.29, 1.82) is 0 Å². The van der Waals surface area contributed by atoms with Gasteiger partial charge in [-0.2, -0.15) is 5.10 Å². The lowest BCUT2D eigenvalue weighted by molar-refractivity contribution is -0.119. The fraction of sp³-hybridized carbons (Fsp3) is 0.615. The molecule has 3 N–H and O–H groups in total. The second-order valence-electron chi connectivity index (χ2n) is 5.10. The van der Waals surface area contributed by atoms with E-state index in [1.807, 2.05) is 6.92 Å². The lowest BCUT2D eigenvalue weighted by atomic mass is 10.2. The molecule has 0 radical (unpaired) electrons. The zero-order valence-electron chi connectivity index (χ0n) is 12.1. The Kier molecular flexibility index (Phi) is 3.96. The van der Waals surface area contributed by atoms with E-state index in [2.05, 4.69) is 10.4 Å². The van der Waals surface area contributed by atoms with Crippen molar-refractivity contribution >= 4 is 17.5 Å². The Labute approximate surface area is 118 Å². The summed E-state index contributed by atoms with van der Waals surface area (Å²) in [6, 6.07) is 0.0248. The number of amides is 2. The van der Waals surface area contributed by atoms with Crippen LogP contribution >= 0.6 is 0 Å². The van der Waals surface area contributed by atoms with Gasteiger partial charge in [0, 0.05) is 32.6 Å². The van der Waals surface area contributed by atoms with E-state index in [9.17, 15) is 9.59 Å². The van der Waals surface area contributed by atoms with Crippen molar-refractivity contribution in [3.05, 3.63) is 11.4 Å². The highest BCUT2D eigenvalue weighted by molar-refractivity contribution is 5.98. The number of hydrogen-bond acceptors (Lipinski definition) is 4. The van der Waals surface area contributed by atoms with E-state index in [1.54, 1.807) is 16.5 Å². The van der Waals surface area contributed by atoms with E-state index in [-0.39, 0.29) is 17.9 Å². The van der Waals surface area contributed by atoms with Gasteiger partial charge in [-0.05, 0) is 20.3 Å². The Hall–Kier alpha value is -2.05. The van der Waals surface area contributed by atoms with E-state index >= 15 is 0 Å². The van der Waals surface area contributed by atoms with E-state index in [1.165, 1.54) is 6.92 Å². The lowest BCUT2D eigenvalue weighted by Gasteiger charge is -2.17. The van der Waals surface area contributed by atoms with Gasteiger partial charge in [0.25, 0.3) is 5.91 Å². The third-order valence-electron chi connectivity index (χ3n) is 3.56. The number of aromatic nitrogens is 2. The molecule has 0 aromatic carbocycles. The molecule has 1 fully saturated rings. The minimum atomic E-state index is -0.113. The third-order valence-corrected chi connectivity index (χ3v) is 3.56. The van der Waals surface area contributed by atoms with Gasteiger partial charge in [0.2, 0.25) is 5.91 Å². The molecule has 0 bridgehead atoms. The maximum Gasteiger partial charge on any atom is 0.274 e. The van der Waals surface area contributed by atoms with E-state index in [0.29, 0.717) is 36.7 Å². The number of anilines is 1. The fourth-order valence-corrected chi connectivity index (χ4v) is 2.55. The number of carbonyl (C=O) groups excluding carboxylic acids is 2. The number of hydrogen-bond donors (Lipinski definition) is 2. The summed E-state index contributed by atoms with van der Waals surface area (Å²) in [5.41, 5.74) is 7.53. The van der Waals surface area contributed by atoms with Crippen LogP contribution in [0.25, 0.3) is 0 Å². The molecule has 2 amide bonds. The van der Waals surface area contributed by atoms with Crippen molar-refractivity contribution in [2.45, 2.75) is 39.8 Å². The average molecular weight is 279 g/mol. The number of aryl methyl sites for hydroxylation is 2. The fourth-order valence-electron chi connectivity index (χ4n) is 2.55. The molecule has 0 aliphatic carbocycles. The van der Waals surface area contributed by atoms with E-state index < -0.39 is 0 Å². The summed E-state index contributed by atoms with van der Waals surface area (Å²) in [7, 11) is 0. The second kappa shape index (κ2) is 5.52. The lowest BCUT2D eigenvalue weighted by Crippen LogP contribution is -2.38. The van der Waals surface area contributed by atoms with Crippen LogP contribution in [0.3, 0.4) is 0 Å². The van der Waals surface area contributed by atoms with Crippen LogP contribution in [0, 0.1) is 6.92 Å². The molecular formula is C13H21N5O2. The molecule has 7 heteroatoms. The molecule has 0 saturated carbocycles. The van der Waals surface area contributed by atoms with Gasteiger partial charge in [-0.15, -0.1) is 0 Å². The zero-order chi connectivity index (χ0) is 14.9. The first-order chi connectivity index (χ1) is 9.43. The summed E-state index contributed by atoms with van der Waals surface area (Å²) in [5.74, 6) is -0.184. The predicted molar refractivity (Wildman–Crippen MR) is 75.2 cm³/mol. The Morgan fingerprint density at radius 3 is 2.80 bits per heavy atom. The van der Waals surface area contributed by atoms with Crippen molar-refractivity contribution < 1.29 is 9.59 Å². The van der Waals surface area contributed by atoms with Crippen molar-refractivity contribution in [2.24, 2.45) is 0 Å². The highest BCUT2D eigenvalue weighted by atomic mass is 16.2. The first-order valence-electron chi connectivity index (χ1n) is 6.83. The average Bonchev–Trinajstić information content (AvgIpc) is 2.94. The van der Waals surface area contributed by atoms with E-state index in [0.717, 1.165) is 6.42 Å². The van der Waals surface area contributed by atoms with E-state index in [4.69, 9.17) is 5.73 Å². The molecule has 7 nitrogen and oxygen atoms in total. The van der Waals surface area contributed by atoms with Gasteiger partial charge < -0.3 is 16.0 Å². The Bertz CT molecular complexity index is 537. The van der Waals surface area contributed by atoms with Crippen molar-refractivity contribution in [3.63, 3.8) is 0 Å². The molecule has 1 saturated heterocycles. The summed E-state index contributed by atoms with van der Waals surface area (Å²) in [4.78, 5) is 25.3. The van der Waals surface area contributed by atoms with Gasteiger partial charge in [-0.3, -0.25) is 14.3 Å². The molecule has 110 valence electrons. The molecule has 1 atom stereocenters. The number of carbonyl (C=O) groups is 2. The molecule has 2 rings (SSSR count). The highest BCUT2D eigenvalue weighted by Crippen LogP contribution is 2.21. The molecule has 1 aromatic heterocycles. The SMILES string of the molecule is CCn1nc(C)c(N)c1C(=O)N1CCC(NC(C)=O)C1. The Morgan fingerprint density at radius 2 is 2.20 bits per heavy atom. The third kappa shape index (κ3) is 2.61. The topological polar surface area (TPSA) is 93.2 Å². The van der Waals surface area contributed by atoms with Crippen LogP contribution in [-0.2, 0) is 11.3 Å². The molecule has 1 aromatic rings.